The van der Waals surface area contributed by atoms with Gasteiger partial charge in [-0.15, -0.1) is 0 Å². The summed E-state index contributed by atoms with van der Waals surface area (Å²) in [6.45, 7) is 1.54. The zero-order valence-corrected chi connectivity index (χ0v) is 11.0. The first-order chi connectivity index (χ1) is 9.66. The Kier molecular flexibility index (Phi) is 2.19. The zero-order chi connectivity index (χ0) is 13.9. The van der Waals surface area contributed by atoms with Crippen molar-refractivity contribution in [2.75, 3.05) is 10.0 Å². The molecule has 0 aliphatic carbocycles. The number of amides is 1. The van der Waals surface area contributed by atoms with Gasteiger partial charge in [0.05, 0.1) is 17.4 Å². The van der Waals surface area contributed by atoms with Crippen LogP contribution < -0.4 is 10.0 Å². The van der Waals surface area contributed by atoms with Gasteiger partial charge in [0.15, 0.2) is 0 Å². The third-order valence-corrected chi connectivity index (χ3v) is 4.04. The SMILES string of the molecule is CC(=O)N1c2ccc(F)cc2C2Cc3ccccc3N21. The van der Waals surface area contributed by atoms with Crippen LogP contribution in [0.5, 0.6) is 0 Å². The van der Waals surface area contributed by atoms with E-state index in [2.05, 4.69) is 6.07 Å². The van der Waals surface area contributed by atoms with Gasteiger partial charge < -0.3 is 0 Å². The van der Waals surface area contributed by atoms with Crippen LogP contribution in [0.25, 0.3) is 0 Å². The van der Waals surface area contributed by atoms with E-state index in [1.165, 1.54) is 18.6 Å². The maximum absolute atomic E-state index is 13.6. The number of hydrogen-bond acceptors (Lipinski definition) is 2. The van der Waals surface area contributed by atoms with Gasteiger partial charge in [0, 0.05) is 18.9 Å². The summed E-state index contributed by atoms with van der Waals surface area (Å²) in [5.41, 5.74) is 3.90. The molecule has 20 heavy (non-hydrogen) atoms. The minimum absolute atomic E-state index is 0.0157. The number of hydrazine groups is 1. The first-order valence-electron chi connectivity index (χ1n) is 6.64. The van der Waals surface area contributed by atoms with Crippen molar-refractivity contribution in [3.8, 4) is 0 Å². The molecule has 1 amide bonds. The van der Waals surface area contributed by atoms with Crippen LogP contribution in [-0.4, -0.2) is 5.91 Å². The molecule has 0 saturated carbocycles. The molecule has 4 heteroatoms. The van der Waals surface area contributed by atoms with Gasteiger partial charge in [-0.2, -0.15) is 0 Å². The molecule has 0 aromatic heterocycles. The summed E-state index contributed by atoms with van der Waals surface area (Å²) in [7, 11) is 0. The smallest absolute Gasteiger partial charge is 0.242 e. The summed E-state index contributed by atoms with van der Waals surface area (Å²) >= 11 is 0. The lowest BCUT2D eigenvalue weighted by Crippen LogP contribution is -2.41. The van der Waals surface area contributed by atoms with Crippen LogP contribution in [0.1, 0.15) is 24.1 Å². The largest absolute Gasteiger partial charge is 0.273 e. The van der Waals surface area contributed by atoms with E-state index in [-0.39, 0.29) is 17.8 Å². The van der Waals surface area contributed by atoms with Crippen LogP contribution in [0.4, 0.5) is 15.8 Å². The van der Waals surface area contributed by atoms with E-state index in [1.807, 2.05) is 23.2 Å². The number of nitrogens with zero attached hydrogens (tertiary/aromatic N) is 2. The van der Waals surface area contributed by atoms with Gasteiger partial charge in [-0.1, -0.05) is 18.2 Å². The summed E-state index contributed by atoms with van der Waals surface area (Å²) in [6.07, 6.45) is 0.802. The molecule has 1 atom stereocenters. The van der Waals surface area contributed by atoms with Crippen molar-refractivity contribution in [3.63, 3.8) is 0 Å². The van der Waals surface area contributed by atoms with Crippen molar-refractivity contribution < 1.29 is 9.18 Å². The van der Waals surface area contributed by atoms with Crippen molar-refractivity contribution in [1.82, 2.24) is 0 Å². The van der Waals surface area contributed by atoms with Crippen molar-refractivity contribution >= 4 is 17.3 Å². The summed E-state index contributed by atoms with van der Waals surface area (Å²) in [6, 6.07) is 12.7. The lowest BCUT2D eigenvalue weighted by Gasteiger charge is -2.29. The van der Waals surface area contributed by atoms with Crippen LogP contribution in [0, 0.1) is 5.82 Å². The highest BCUT2D eigenvalue weighted by Crippen LogP contribution is 2.50. The number of hydrogen-bond donors (Lipinski definition) is 0. The monoisotopic (exact) mass is 268 g/mol. The van der Waals surface area contributed by atoms with Crippen LogP contribution in [0.3, 0.4) is 0 Å². The highest BCUT2D eigenvalue weighted by Gasteiger charge is 2.43. The molecule has 2 aromatic carbocycles. The van der Waals surface area contributed by atoms with Crippen LogP contribution >= 0.6 is 0 Å². The number of rotatable bonds is 0. The lowest BCUT2D eigenvalue weighted by molar-refractivity contribution is -0.116. The highest BCUT2D eigenvalue weighted by molar-refractivity contribution is 5.98. The molecule has 2 aliphatic heterocycles. The standard InChI is InChI=1S/C16H13FN2O/c1-10(20)18-15-7-6-12(17)9-13(15)16-8-11-4-2-3-5-14(11)19(16)18/h2-7,9,16H,8H2,1H3. The Morgan fingerprint density at radius 1 is 1.20 bits per heavy atom. The van der Waals surface area contributed by atoms with E-state index in [9.17, 15) is 9.18 Å². The van der Waals surface area contributed by atoms with Gasteiger partial charge in [-0.3, -0.25) is 9.80 Å². The predicted octanol–water partition coefficient (Wildman–Crippen LogP) is 3.21. The summed E-state index contributed by atoms with van der Waals surface area (Å²) in [5.74, 6) is -0.317. The summed E-state index contributed by atoms with van der Waals surface area (Å²) < 4.78 is 13.6. The van der Waals surface area contributed by atoms with Gasteiger partial charge in [-0.05, 0) is 29.8 Å². The Morgan fingerprint density at radius 2 is 2.00 bits per heavy atom. The molecule has 3 nitrogen and oxygen atoms in total. The number of carbonyl (C=O) groups is 1. The Hall–Kier alpha value is -2.36. The topological polar surface area (TPSA) is 23.6 Å². The van der Waals surface area contributed by atoms with Gasteiger partial charge in [0.1, 0.15) is 5.82 Å². The van der Waals surface area contributed by atoms with Crippen LogP contribution in [0.15, 0.2) is 42.5 Å². The van der Waals surface area contributed by atoms with Gasteiger partial charge >= 0.3 is 0 Å². The highest BCUT2D eigenvalue weighted by atomic mass is 19.1. The van der Waals surface area contributed by atoms with Crippen molar-refractivity contribution in [3.05, 3.63) is 59.4 Å². The number of halogens is 1. The van der Waals surface area contributed by atoms with Crippen molar-refractivity contribution in [2.24, 2.45) is 0 Å². The fourth-order valence-electron chi connectivity index (χ4n) is 3.28. The molecule has 0 fully saturated rings. The van der Waals surface area contributed by atoms with E-state index in [0.717, 1.165) is 23.4 Å². The molecule has 0 bridgehead atoms. The number of anilines is 2. The Labute approximate surface area is 116 Å². The van der Waals surface area contributed by atoms with E-state index >= 15 is 0 Å². The molecule has 0 saturated heterocycles. The molecule has 1 unspecified atom stereocenters. The second-order valence-electron chi connectivity index (χ2n) is 5.23. The van der Waals surface area contributed by atoms with E-state index < -0.39 is 0 Å². The Balaban J connectivity index is 1.93. The fraction of sp³-hybridized carbons (Fsp3) is 0.188. The van der Waals surface area contributed by atoms with Gasteiger partial charge in [0.25, 0.3) is 0 Å². The molecular weight excluding hydrogens is 255 g/mol. The Morgan fingerprint density at radius 3 is 2.80 bits per heavy atom. The molecule has 0 spiro atoms. The first-order valence-corrected chi connectivity index (χ1v) is 6.64. The minimum atomic E-state index is -0.259. The zero-order valence-electron chi connectivity index (χ0n) is 11.0. The lowest BCUT2D eigenvalue weighted by atomic mass is 10.0. The number of fused-ring (bicyclic) bond motifs is 5. The van der Waals surface area contributed by atoms with E-state index in [0.29, 0.717) is 0 Å². The predicted molar refractivity (Wildman–Crippen MR) is 74.9 cm³/mol. The second kappa shape index (κ2) is 3.82. The molecule has 0 radical (unpaired) electrons. The molecule has 2 aliphatic rings. The number of para-hydroxylation sites is 1. The minimum Gasteiger partial charge on any atom is -0.273 e. The molecule has 100 valence electrons. The first kappa shape index (κ1) is 11.5. The third-order valence-electron chi connectivity index (χ3n) is 4.04. The van der Waals surface area contributed by atoms with Crippen molar-refractivity contribution in [2.45, 2.75) is 19.4 Å². The average Bonchev–Trinajstić information content (AvgIpc) is 2.93. The number of carbonyl (C=O) groups excluding carboxylic acids is 1. The van der Waals surface area contributed by atoms with Gasteiger partial charge in [-0.25, -0.2) is 9.40 Å². The molecule has 2 heterocycles. The normalized spacial score (nSPS) is 18.8. The number of benzene rings is 2. The maximum atomic E-state index is 13.6. The summed E-state index contributed by atoms with van der Waals surface area (Å²) in [5, 5.41) is 3.65. The van der Waals surface area contributed by atoms with Gasteiger partial charge in [0.2, 0.25) is 5.91 Å². The van der Waals surface area contributed by atoms with Crippen LogP contribution in [0.2, 0.25) is 0 Å². The quantitative estimate of drug-likeness (QED) is 0.732. The van der Waals surface area contributed by atoms with E-state index in [4.69, 9.17) is 0 Å². The van der Waals surface area contributed by atoms with E-state index in [1.54, 1.807) is 17.1 Å². The molecule has 0 N–H and O–H groups in total. The summed E-state index contributed by atoms with van der Waals surface area (Å²) in [4.78, 5) is 12.0. The fourth-order valence-corrected chi connectivity index (χ4v) is 3.28. The third kappa shape index (κ3) is 1.36. The maximum Gasteiger partial charge on any atom is 0.242 e. The molecular formula is C16H13FN2O. The van der Waals surface area contributed by atoms with Crippen molar-refractivity contribution in [1.29, 1.82) is 0 Å². The average molecular weight is 268 g/mol. The Bertz CT molecular complexity index is 728. The second-order valence-corrected chi connectivity index (χ2v) is 5.23. The molecule has 2 aromatic rings. The van der Waals surface area contributed by atoms with Crippen LogP contribution in [-0.2, 0) is 11.2 Å². The molecule has 4 rings (SSSR count).